The molecule has 1 amide bonds. The zero-order valence-electron chi connectivity index (χ0n) is 13.9. The predicted molar refractivity (Wildman–Crippen MR) is 91.5 cm³/mol. The fourth-order valence-electron chi connectivity index (χ4n) is 2.16. The third kappa shape index (κ3) is 4.39. The van der Waals surface area contributed by atoms with Crippen LogP contribution in [0.5, 0.6) is 11.5 Å². The second kappa shape index (κ2) is 7.54. The van der Waals surface area contributed by atoms with E-state index in [1.54, 1.807) is 20.3 Å². The number of rotatable bonds is 6. The van der Waals surface area contributed by atoms with E-state index in [1.807, 2.05) is 55.4 Å². The number of methoxy groups -OCH3 is 2. The van der Waals surface area contributed by atoms with Gasteiger partial charge in [-0.05, 0) is 42.0 Å². The predicted octanol–water partition coefficient (Wildman–Crippen LogP) is 2.70. The van der Waals surface area contributed by atoms with Crippen molar-refractivity contribution in [3.05, 3.63) is 53.6 Å². The molecule has 0 aromatic heterocycles. The fourth-order valence-corrected chi connectivity index (χ4v) is 2.16. The van der Waals surface area contributed by atoms with E-state index >= 15 is 0 Å². The standard InChI is InChI=1S/C18H22N2O3/c1-20(2)15-7-5-14(6-8-15)18(21)19-12-13-9-16(22-3)11-17(10-13)23-4/h5-11H,12H2,1-4H3,(H,19,21). The molecular formula is C18H22N2O3. The summed E-state index contributed by atoms with van der Waals surface area (Å²) in [6.45, 7) is 0.405. The molecule has 0 saturated carbocycles. The van der Waals surface area contributed by atoms with Gasteiger partial charge >= 0.3 is 0 Å². The maximum absolute atomic E-state index is 12.2. The van der Waals surface area contributed by atoms with Gasteiger partial charge in [0.25, 0.3) is 5.91 Å². The van der Waals surface area contributed by atoms with Crippen LogP contribution in [-0.4, -0.2) is 34.2 Å². The van der Waals surface area contributed by atoms with Gasteiger partial charge in [0, 0.05) is 38.0 Å². The lowest BCUT2D eigenvalue weighted by Gasteiger charge is -2.13. The summed E-state index contributed by atoms with van der Waals surface area (Å²) in [6.07, 6.45) is 0. The van der Waals surface area contributed by atoms with Gasteiger partial charge in [-0.15, -0.1) is 0 Å². The van der Waals surface area contributed by atoms with Crippen LogP contribution in [0.15, 0.2) is 42.5 Å². The van der Waals surface area contributed by atoms with Crippen molar-refractivity contribution >= 4 is 11.6 Å². The number of anilines is 1. The molecule has 0 spiro atoms. The Labute approximate surface area is 136 Å². The van der Waals surface area contributed by atoms with Crippen molar-refractivity contribution in [2.75, 3.05) is 33.2 Å². The highest BCUT2D eigenvalue weighted by Crippen LogP contribution is 2.22. The highest BCUT2D eigenvalue weighted by molar-refractivity contribution is 5.94. The van der Waals surface area contributed by atoms with Gasteiger partial charge in [-0.1, -0.05) is 0 Å². The van der Waals surface area contributed by atoms with Crippen molar-refractivity contribution in [1.82, 2.24) is 5.32 Å². The Kier molecular flexibility index (Phi) is 5.46. The van der Waals surface area contributed by atoms with Gasteiger partial charge in [-0.25, -0.2) is 0 Å². The Morgan fingerprint density at radius 2 is 1.57 bits per heavy atom. The molecule has 122 valence electrons. The first-order valence-electron chi connectivity index (χ1n) is 7.31. The van der Waals surface area contributed by atoms with Crippen molar-refractivity contribution in [3.8, 4) is 11.5 Å². The molecule has 2 aromatic rings. The summed E-state index contributed by atoms with van der Waals surface area (Å²) in [5.74, 6) is 1.28. The maximum Gasteiger partial charge on any atom is 0.251 e. The van der Waals surface area contributed by atoms with Crippen LogP contribution in [0, 0.1) is 0 Å². The summed E-state index contributed by atoms with van der Waals surface area (Å²) in [6, 6.07) is 13.0. The number of benzene rings is 2. The van der Waals surface area contributed by atoms with Crippen LogP contribution in [0.3, 0.4) is 0 Å². The number of ether oxygens (including phenoxy) is 2. The lowest BCUT2D eigenvalue weighted by Crippen LogP contribution is -2.22. The molecule has 23 heavy (non-hydrogen) atoms. The fraction of sp³-hybridized carbons (Fsp3) is 0.278. The molecular weight excluding hydrogens is 292 g/mol. The van der Waals surface area contributed by atoms with Crippen LogP contribution in [0.25, 0.3) is 0 Å². The number of nitrogens with one attached hydrogen (secondary N) is 1. The number of hydrogen-bond donors (Lipinski definition) is 1. The number of hydrogen-bond acceptors (Lipinski definition) is 4. The van der Waals surface area contributed by atoms with E-state index < -0.39 is 0 Å². The first-order chi connectivity index (χ1) is 11.0. The van der Waals surface area contributed by atoms with Gasteiger partial charge in [0.15, 0.2) is 0 Å². The molecule has 0 aliphatic carbocycles. The van der Waals surface area contributed by atoms with E-state index in [1.165, 1.54) is 0 Å². The van der Waals surface area contributed by atoms with Gasteiger partial charge in [-0.3, -0.25) is 4.79 Å². The van der Waals surface area contributed by atoms with E-state index in [2.05, 4.69) is 5.32 Å². The van der Waals surface area contributed by atoms with Crippen LogP contribution in [0.2, 0.25) is 0 Å². The topological polar surface area (TPSA) is 50.8 Å². The van der Waals surface area contributed by atoms with Crippen molar-refractivity contribution in [2.24, 2.45) is 0 Å². The first-order valence-corrected chi connectivity index (χ1v) is 7.31. The first kappa shape index (κ1) is 16.7. The highest BCUT2D eigenvalue weighted by Gasteiger charge is 2.07. The van der Waals surface area contributed by atoms with Crippen LogP contribution < -0.4 is 19.7 Å². The molecule has 0 radical (unpaired) electrons. The molecule has 0 heterocycles. The lowest BCUT2D eigenvalue weighted by molar-refractivity contribution is 0.0951. The third-order valence-corrected chi connectivity index (χ3v) is 3.51. The Hall–Kier alpha value is -2.69. The Morgan fingerprint density at radius 3 is 2.04 bits per heavy atom. The average molecular weight is 314 g/mol. The van der Waals surface area contributed by atoms with Crippen LogP contribution >= 0.6 is 0 Å². The molecule has 2 rings (SSSR count). The van der Waals surface area contributed by atoms with E-state index in [-0.39, 0.29) is 5.91 Å². The summed E-state index contributed by atoms with van der Waals surface area (Å²) in [5, 5.41) is 2.90. The van der Waals surface area contributed by atoms with Gasteiger partial charge in [0.1, 0.15) is 11.5 Å². The molecule has 0 unspecified atom stereocenters. The number of nitrogens with zero attached hydrogens (tertiary/aromatic N) is 1. The zero-order valence-corrected chi connectivity index (χ0v) is 13.9. The minimum absolute atomic E-state index is 0.114. The summed E-state index contributed by atoms with van der Waals surface area (Å²) < 4.78 is 10.5. The summed E-state index contributed by atoms with van der Waals surface area (Å²) in [4.78, 5) is 14.2. The van der Waals surface area contributed by atoms with Gasteiger partial charge in [0.05, 0.1) is 14.2 Å². The second-order valence-electron chi connectivity index (χ2n) is 5.34. The molecule has 5 nitrogen and oxygen atoms in total. The van der Waals surface area contributed by atoms with Gasteiger partial charge < -0.3 is 19.7 Å². The van der Waals surface area contributed by atoms with Crippen molar-refractivity contribution in [2.45, 2.75) is 6.54 Å². The summed E-state index contributed by atoms with van der Waals surface area (Å²) >= 11 is 0. The van der Waals surface area contributed by atoms with Crippen molar-refractivity contribution in [1.29, 1.82) is 0 Å². The molecule has 0 fully saturated rings. The molecule has 5 heteroatoms. The quantitative estimate of drug-likeness (QED) is 0.891. The highest BCUT2D eigenvalue weighted by atomic mass is 16.5. The summed E-state index contributed by atoms with van der Waals surface area (Å²) in [7, 11) is 7.13. The van der Waals surface area contributed by atoms with Crippen molar-refractivity contribution in [3.63, 3.8) is 0 Å². The molecule has 2 aromatic carbocycles. The number of carbonyl (C=O) groups is 1. The van der Waals surface area contributed by atoms with Crippen LogP contribution in [-0.2, 0) is 6.54 Å². The third-order valence-electron chi connectivity index (χ3n) is 3.51. The molecule has 0 bridgehead atoms. The van der Waals surface area contributed by atoms with Crippen molar-refractivity contribution < 1.29 is 14.3 Å². The lowest BCUT2D eigenvalue weighted by atomic mass is 10.1. The van der Waals surface area contributed by atoms with E-state index in [0.29, 0.717) is 23.6 Å². The van der Waals surface area contributed by atoms with Crippen LogP contribution in [0.4, 0.5) is 5.69 Å². The number of carbonyl (C=O) groups excluding carboxylic acids is 1. The normalized spacial score (nSPS) is 10.1. The monoisotopic (exact) mass is 314 g/mol. The minimum atomic E-state index is -0.114. The SMILES string of the molecule is COc1cc(CNC(=O)c2ccc(N(C)C)cc2)cc(OC)c1. The Morgan fingerprint density at radius 1 is 1.00 bits per heavy atom. The zero-order chi connectivity index (χ0) is 16.8. The molecule has 0 saturated heterocycles. The maximum atomic E-state index is 12.2. The van der Waals surface area contributed by atoms with E-state index in [4.69, 9.17) is 9.47 Å². The van der Waals surface area contributed by atoms with E-state index in [9.17, 15) is 4.79 Å². The van der Waals surface area contributed by atoms with Gasteiger partial charge in [0.2, 0.25) is 0 Å². The largest absolute Gasteiger partial charge is 0.497 e. The summed E-state index contributed by atoms with van der Waals surface area (Å²) in [5.41, 5.74) is 2.60. The smallest absolute Gasteiger partial charge is 0.251 e. The molecule has 0 aliphatic rings. The molecule has 1 N–H and O–H groups in total. The average Bonchev–Trinajstić information content (AvgIpc) is 2.59. The molecule has 0 atom stereocenters. The van der Waals surface area contributed by atoms with E-state index in [0.717, 1.165) is 11.3 Å². The van der Waals surface area contributed by atoms with Gasteiger partial charge in [-0.2, -0.15) is 0 Å². The minimum Gasteiger partial charge on any atom is -0.497 e. The van der Waals surface area contributed by atoms with Crippen LogP contribution in [0.1, 0.15) is 15.9 Å². The Balaban J connectivity index is 2.03. The number of amides is 1. The Bertz CT molecular complexity index is 644. The molecule has 0 aliphatic heterocycles. The second-order valence-corrected chi connectivity index (χ2v) is 5.34.